The maximum Gasteiger partial charge on any atom is 0.191 e. The highest BCUT2D eigenvalue weighted by atomic mass is 127. The number of hydrogen-bond donors (Lipinski definition) is 2. The van der Waals surface area contributed by atoms with Crippen LogP contribution in [0.1, 0.15) is 57.4 Å². The van der Waals surface area contributed by atoms with Gasteiger partial charge < -0.3 is 25.0 Å². The Morgan fingerprint density at radius 3 is 2.68 bits per heavy atom. The van der Waals surface area contributed by atoms with Crippen LogP contribution in [0, 0.1) is 0 Å². The van der Waals surface area contributed by atoms with Crippen molar-refractivity contribution in [2.45, 2.75) is 52.5 Å². The van der Waals surface area contributed by atoms with Crippen molar-refractivity contribution >= 4 is 29.9 Å². The topological polar surface area (TPSA) is 68.9 Å². The van der Waals surface area contributed by atoms with Gasteiger partial charge >= 0.3 is 0 Å². The van der Waals surface area contributed by atoms with Crippen LogP contribution >= 0.6 is 24.0 Å². The standard InChI is InChI=1S/C20H38N6O.HI/c1-5-17(6-2)19-15-18(27-24-19)16-23-20(21-7-3)22-9-12-26-11-8-10-25(4)13-14-26;/h15,17H,5-14,16H2,1-4H3,(H2,21,22,23);1H. The summed E-state index contributed by atoms with van der Waals surface area (Å²) in [6.45, 7) is 14.4. The van der Waals surface area contributed by atoms with E-state index in [1.54, 1.807) is 0 Å². The smallest absolute Gasteiger partial charge is 0.191 e. The highest BCUT2D eigenvalue weighted by molar-refractivity contribution is 14.0. The van der Waals surface area contributed by atoms with Gasteiger partial charge in [0.05, 0.1) is 5.69 Å². The van der Waals surface area contributed by atoms with Gasteiger partial charge in [-0.15, -0.1) is 24.0 Å². The first-order chi connectivity index (χ1) is 13.2. The highest BCUT2D eigenvalue weighted by Crippen LogP contribution is 2.22. The Hall–Kier alpha value is -0.870. The van der Waals surface area contributed by atoms with E-state index in [-0.39, 0.29) is 24.0 Å². The highest BCUT2D eigenvalue weighted by Gasteiger charge is 2.13. The molecule has 1 aromatic rings. The first kappa shape index (κ1) is 25.2. The normalized spacial score (nSPS) is 16.7. The van der Waals surface area contributed by atoms with Gasteiger partial charge in [0.1, 0.15) is 6.54 Å². The average Bonchev–Trinajstić information content (AvgIpc) is 3.03. The molecule has 0 aromatic carbocycles. The number of nitrogens with zero attached hydrogens (tertiary/aromatic N) is 4. The zero-order valence-electron chi connectivity index (χ0n) is 18.0. The molecule has 2 rings (SSSR count). The molecule has 0 bridgehead atoms. The Morgan fingerprint density at radius 2 is 1.96 bits per heavy atom. The van der Waals surface area contributed by atoms with Gasteiger partial charge in [0.2, 0.25) is 0 Å². The fourth-order valence-corrected chi connectivity index (χ4v) is 3.46. The quantitative estimate of drug-likeness (QED) is 0.305. The molecule has 2 heterocycles. The van der Waals surface area contributed by atoms with Crippen molar-refractivity contribution in [3.63, 3.8) is 0 Å². The molecular weight excluding hydrogens is 467 g/mol. The van der Waals surface area contributed by atoms with E-state index < -0.39 is 0 Å². The summed E-state index contributed by atoms with van der Waals surface area (Å²) in [7, 11) is 2.20. The molecule has 162 valence electrons. The molecule has 0 aliphatic carbocycles. The summed E-state index contributed by atoms with van der Waals surface area (Å²) in [5.74, 6) is 2.14. The molecule has 1 fully saturated rings. The maximum absolute atomic E-state index is 5.48. The molecule has 1 aromatic heterocycles. The molecule has 0 amide bonds. The molecule has 1 aliphatic rings. The molecule has 0 saturated carbocycles. The van der Waals surface area contributed by atoms with Crippen molar-refractivity contribution in [2.75, 3.05) is 52.9 Å². The third-order valence-electron chi connectivity index (χ3n) is 5.25. The molecule has 0 unspecified atom stereocenters. The van der Waals surface area contributed by atoms with Gasteiger partial charge in [0, 0.05) is 44.7 Å². The Morgan fingerprint density at radius 1 is 1.18 bits per heavy atom. The van der Waals surface area contributed by atoms with Crippen LogP contribution < -0.4 is 10.6 Å². The minimum atomic E-state index is 0. The van der Waals surface area contributed by atoms with Crippen molar-refractivity contribution in [3.8, 4) is 0 Å². The van der Waals surface area contributed by atoms with Crippen LogP contribution in [0.5, 0.6) is 0 Å². The van der Waals surface area contributed by atoms with E-state index in [9.17, 15) is 0 Å². The summed E-state index contributed by atoms with van der Waals surface area (Å²) in [6.07, 6.45) is 3.42. The largest absolute Gasteiger partial charge is 0.359 e. The number of nitrogens with one attached hydrogen (secondary N) is 2. The van der Waals surface area contributed by atoms with Crippen molar-refractivity contribution < 1.29 is 4.52 Å². The number of aliphatic imine (C=N–C) groups is 1. The van der Waals surface area contributed by atoms with E-state index >= 15 is 0 Å². The predicted octanol–water partition coefficient (Wildman–Crippen LogP) is 2.89. The lowest BCUT2D eigenvalue weighted by molar-refractivity contribution is 0.280. The lowest BCUT2D eigenvalue weighted by Crippen LogP contribution is -2.42. The van der Waals surface area contributed by atoms with Crippen LogP contribution in [0.25, 0.3) is 0 Å². The molecule has 7 nitrogen and oxygen atoms in total. The van der Waals surface area contributed by atoms with Gasteiger partial charge in [-0.1, -0.05) is 19.0 Å². The van der Waals surface area contributed by atoms with E-state index in [2.05, 4.69) is 64.5 Å². The minimum Gasteiger partial charge on any atom is -0.359 e. The summed E-state index contributed by atoms with van der Waals surface area (Å²) in [5, 5.41) is 11.0. The third-order valence-corrected chi connectivity index (χ3v) is 5.25. The van der Waals surface area contributed by atoms with E-state index in [4.69, 9.17) is 4.52 Å². The zero-order chi connectivity index (χ0) is 19.5. The lowest BCUT2D eigenvalue weighted by atomic mass is 9.99. The van der Waals surface area contributed by atoms with Crippen LogP contribution in [0.2, 0.25) is 0 Å². The first-order valence-corrected chi connectivity index (χ1v) is 10.5. The Balaban J connectivity index is 0.00000392. The number of hydrogen-bond acceptors (Lipinski definition) is 5. The molecule has 0 radical (unpaired) electrons. The summed E-state index contributed by atoms with van der Waals surface area (Å²) in [4.78, 5) is 9.59. The van der Waals surface area contributed by atoms with E-state index in [0.29, 0.717) is 12.5 Å². The summed E-state index contributed by atoms with van der Waals surface area (Å²) < 4.78 is 5.48. The van der Waals surface area contributed by atoms with Crippen LogP contribution in [0.15, 0.2) is 15.6 Å². The molecule has 0 spiro atoms. The summed E-state index contributed by atoms with van der Waals surface area (Å²) >= 11 is 0. The van der Waals surface area contributed by atoms with E-state index in [1.165, 1.54) is 19.5 Å². The Bertz CT molecular complexity index is 561. The number of guanidine groups is 1. The second-order valence-electron chi connectivity index (χ2n) is 7.35. The summed E-state index contributed by atoms with van der Waals surface area (Å²) in [6, 6.07) is 2.05. The lowest BCUT2D eigenvalue weighted by Gasteiger charge is -2.21. The first-order valence-electron chi connectivity index (χ1n) is 10.5. The SMILES string of the molecule is CCNC(=NCc1cc(C(CC)CC)no1)NCCN1CCCN(C)CC1.I. The molecule has 28 heavy (non-hydrogen) atoms. The van der Waals surface area contributed by atoms with Gasteiger partial charge in [-0.2, -0.15) is 0 Å². The molecule has 8 heteroatoms. The third kappa shape index (κ3) is 8.65. The summed E-state index contributed by atoms with van der Waals surface area (Å²) in [5.41, 5.74) is 1.05. The number of aromatic nitrogens is 1. The maximum atomic E-state index is 5.48. The molecule has 1 aliphatic heterocycles. The van der Waals surface area contributed by atoms with Gasteiger partial charge in [0.25, 0.3) is 0 Å². The second-order valence-corrected chi connectivity index (χ2v) is 7.35. The van der Waals surface area contributed by atoms with E-state index in [1.807, 2.05) is 0 Å². The van der Waals surface area contributed by atoms with Gasteiger partial charge in [-0.25, -0.2) is 4.99 Å². The molecular formula is C20H39IN6O. The van der Waals surface area contributed by atoms with Crippen LogP contribution in [0.3, 0.4) is 0 Å². The monoisotopic (exact) mass is 506 g/mol. The number of rotatable bonds is 9. The second kappa shape index (κ2) is 14.2. The number of likely N-dealkylation sites (N-methyl/N-ethyl adjacent to an activating group) is 1. The van der Waals surface area contributed by atoms with Crippen LogP contribution in [-0.2, 0) is 6.54 Å². The predicted molar refractivity (Wildman–Crippen MR) is 127 cm³/mol. The van der Waals surface area contributed by atoms with Crippen molar-refractivity contribution in [1.29, 1.82) is 0 Å². The molecule has 2 N–H and O–H groups in total. The van der Waals surface area contributed by atoms with Gasteiger partial charge in [0.15, 0.2) is 11.7 Å². The minimum absolute atomic E-state index is 0. The van der Waals surface area contributed by atoms with Gasteiger partial charge in [-0.3, -0.25) is 0 Å². The fourth-order valence-electron chi connectivity index (χ4n) is 3.46. The Kier molecular flexibility index (Phi) is 12.7. The van der Waals surface area contributed by atoms with E-state index in [0.717, 1.165) is 63.0 Å². The Labute approximate surface area is 187 Å². The molecule has 1 saturated heterocycles. The number of halogens is 1. The van der Waals surface area contributed by atoms with Crippen LogP contribution in [0.4, 0.5) is 0 Å². The van der Waals surface area contributed by atoms with Crippen LogP contribution in [-0.4, -0.2) is 73.8 Å². The van der Waals surface area contributed by atoms with Crippen molar-refractivity contribution in [3.05, 3.63) is 17.5 Å². The van der Waals surface area contributed by atoms with Gasteiger partial charge in [-0.05, 0) is 46.3 Å². The molecule has 0 atom stereocenters. The van der Waals surface area contributed by atoms with Crippen molar-refractivity contribution in [2.24, 2.45) is 4.99 Å². The van der Waals surface area contributed by atoms with Crippen molar-refractivity contribution in [1.82, 2.24) is 25.6 Å². The average molecular weight is 506 g/mol. The fraction of sp³-hybridized carbons (Fsp3) is 0.800. The zero-order valence-corrected chi connectivity index (χ0v) is 20.4.